The van der Waals surface area contributed by atoms with E-state index in [4.69, 9.17) is 0 Å². The summed E-state index contributed by atoms with van der Waals surface area (Å²) in [5, 5.41) is 15.4. The quantitative estimate of drug-likeness (QED) is 0.919. The van der Waals surface area contributed by atoms with Gasteiger partial charge in [0.05, 0.1) is 5.69 Å². The van der Waals surface area contributed by atoms with Crippen LogP contribution in [0, 0.1) is 0 Å². The number of nitrogens with zero attached hydrogens (tertiary/aromatic N) is 5. The van der Waals surface area contributed by atoms with Gasteiger partial charge in [-0.3, -0.25) is 0 Å². The Morgan fingerprint density at radius 1 is 1.25 bits per heavy atom. The van der Waals surface area contributed by atoms with Crippen molar-refractivity contribution in [1.29, 1.82) is 0 Å². The zero-order valence-electron chi connectivity index (χ0n) is 11.9. The number of anilines is 1. The summed E-state index contributed by atoms with van der Waals surface area (Å²) < 4.78 is 1.75. The first kappa shape index (κ1) is 13.1. The highest BCUT2D eigenvalue weighted by Gasteiger charge is 2.24. The van der Waals surface area contributed by atoms with E-state index in [1.54, 1.807) is 4.68 Å². The lowest BCUT2D eigenvalue weighted by atomic mass is 9.99. The average molecular weight is 272 g/mol. The molecule has 0 saturated carbocycles. The average Bonchev–Trinajstić information content (AvgIpc) is 2.92. The summed E-state index contributed by atoms with van der Waals surface area (Å²) in [6.07, 6.45) is 2.22. The highest BCUT2D eigenvalue weighted by atomic mass is 15.6. The molecule has 1 aliphatic rings. The third-order valence-corrected chi connectivity index (χ3v) is 4.01. The summed E-state index contributed by atoms with van der Waals surface area (Å²) >= 11 is 0. The van der Waals surface area contributed by atoms with Gasteiger partial charge in [0.25, 0.3) is 0 Å². The van der Waals surface area contributed by atoms with E-state index in [-0.39, 0.29) is 0 Å². The van der Waals surface area contributed by atoms with Gasteiger partial charge in [0.1, 0.15) is 0 Å². The number of aromatic nitrogens is 4. The van der Waals surface area contributed by atoms with Gasteiger partial charge in [0.2, 0.25) is 5.95 Å². The van der Waals surface area contributed by atoms with Crippen LogP contribution < -0.4 is 5.32 Å². The topological polar surface area (TPSA) is 58.9 Å². The van der Waals surface area contributed by atoms with E-state index in [9.17, 15) is 0 Å². The molecule has 1 fully saturated rings. The van der Waals surface area contributed by atoms with Gasteiger partial charge in [-0.25, -0.2) is 0 Å². The molecule has 2 heterocycles. The fourth-order valence-corrected chi connectivity index (χ4v) is 2.62. The molecule has 0 spiro atoms. The van der Waals surface area contributed by atoms with Crippen LogP contribution in [0.25, 0.3) is 5.69 Å². The van der Waals surface area contributed by atoms with Gasteiger partial charge < -0.3 is 10.2 Å². The first-order chi connectivity index (χ1) is 9.74. The van der Waals surface area contributed by atoms with Crippen LogP contribution >= 0.6 is 0 Å². The minimum Gasteiger partial charge on any atom is -0.350 e. The molecule has 0 radical (unpaired) electrons. The third kappa shape index (κ3) is 2.65. The fraction of sp³-hybridized carbons (Fsp3) is 0.500. The van der Waals surface area contributed by atoms with Gasteiger partial charge >= 0.3 is 0 Å². The Hall–Kier alpha value is -1.95. The van der Waals surface area contributed by atoms with Crippen molar-refractivity contribution in [2.45, 2.75) is 31.8 Å². The van der Waals surface area contributed by atoms with E-state index in [1.165, 1.54) is 0 Å². The zero-order chi connectivity index (χ0) is 13.9. The van der Waals surface area contributed by atoms with Crippen molar-refractivity contribution >= 4 is 5.95 Å². The van der Waals surface area contributed by atoms with E-state index in [0.29, 0.717) is 12.1 Å². The number of benzene rings is 1. The number of nitrogens with one attached hydrogen (secondary N) is 1. The van der Waals surface area contributed by atoms with Crippen LogP contribution in [-0.4, -0.2) is 50.8 Å². The second kappa shape index (κ2) is 5.58. The number of rotatable bonds is 3. The first-order valence-electron chi connectivity index (χ1n) is 7.04. The number of piperidine rings is 1. The Balaban J connectivity index is 1.75. The third-order valence-electron chi connectivity index (χ3n) is 4.01. The molecule has 3 rings (SSSR count). The summed E-state index contributed by atoms with van der Waals surface area (Å²) in [7, 11) is 2.18. The van der Waals surface area contributed by atoms with Crippen LogP contribution in [0.2, 0.25) is 0 Å². The van der Waals surface area contributed by atoms with Crippen LogP contribution in [0.3, 0.4) is 0 Å². The molecular formula is C14H20N6. The normalized spacial score (nSPS) is 23.7. The highest BCUT2D eigenvalue weighted by molar-refractivity contribution is 5.38. The molecule has 1 aromatic heterocycles. The molecule has 6 nitrogen and oxygen atoms in total. The highest BCUT2D eigenvalue weighted by Crippen LogP contribution is 2.19. The van der Waals surface area contributed by atoms with Crippen molar-refractivity contribution in [3.8, 4) is 5.69 Å². The minimum absolute atomic E-state index is 0.426. The summed E-state index contributed by atoms with van der Waals surface area (Å²) in [6, 6.07) is 11.0. The maximum atomic E-state index is 4.11. The van der Waals surface area contributed by atoms with Crippen molar-refractivity contribution in [3.63, 3.8) is 0 Å². The molecule has 0 aliphatic carbocycles. The number of likely N-dealkylation sites (tertiary alicyclic amines) is 1. The van der Waals surface area contributed by atoms with E-state index in [0.717, 1.165) is 31.0 Å². The zero-order valence-corrected chi connectivity index (χ0v) is 11.9. The minimum atomic E-state index is 0.426. The van der Waals surface area contributed by atoms with Crippen molar-refractivity contribution in [1.82, 2.24) is 25.1 Å². The van der Waals surface area contributed by atoms with Crippen molar-refractivity contribution in [2.24, 2.45) is 0 Å². The van der Waals surface area contributed by atoms with Crippen molar-refractivity contribution < 1.29 is 0 Å². The van der Waals surface area contributed by atoms with Gasteiger partial charge in [-0.1, -0.05) is 23.3 Å². The Kier molecular flexibility index (Phi) is 3.64. The summed E-state index contributed by atoms with van der Waals surface area (Å²) in [4.78, 5) is 2.39. The SMILES string of the molecule is CC1CC(Nc2nnnn2-c2ccccc2)CCN1C. The predicted octanol–water partition coefficient (Wildman–Crippen LogP) is 1.56. The molecule has 1 aliphatic heterocycles. The molecule has 1 N–H and O–H groups in total. The lowest BCUT2D eigenvalue weighted by molar-refractivity contribution is 0.189. The second-order valence-electron chi connectivity index (χ2n) is 5.45. The van der Waals surface area contributed by atoms with Gasteiger partial charge in [-0.05, 0) is 49.4 Å². The summed E-state index contributed by atoms with van der Waals surface area (Å²) in [5.41, 5.74) is 0.973. The van der Waals surface area contributed by atoms with E-state index in [1.807, 2.05) is 30.3 Å². The standard InChI is InChI=1S/C14H20N6/c1-11-10-12(8-9-19(11)2)15-14-16-17-18-20(14)13-6-4-3-5-7-13/h3-7,11-12H,8-10H2,1-2H3,(H,15,16,18). The number of para-hydroxylation sites is 1. The van der Waals surface area contributed by atoms with Crippen LogP contribution in [0.1, 0.15) is 19.8 Å². The smallest absolute Gasteiger partial charge is 0.247 e. The molecule has 0 bridgehead atoms. The van der Waals surface area contributed by atoms with Crippen molar-refractivity contribution in [2.75, 3.05) is 18.9 Å². The Bertz CT molecular complexity index is 552. The molecule has 2 unspecified atom stereocenters. The number of hydrogen-bond acceptors (Lipinski definition) is 5. The maximum absolute atomic E-state index is 4.11. The van der Waals surface area contributed by atoms with Crippen LogP contribution in [0.4, 0.5) is 5.95 Å². The summed E-state index contributed by atoms with van der Waals surface area (Å²) in [6.45, 7) is 3.36. The molecule has 6 heteroatoms. The molecule has 0 amide bonds. The van der Waals surface area contributed by atoms with Crippen molar-refractivity contribution in [3.05, 3.63) is 30.3 Å². The molecular weight excluding hydrogens is 252 g/mol. The Morgan fingerprint density at radius 2 is 2.05 bits per heavy atom. The van der Waals surface area contributed by atoms with Gasteiger partial charge in [-0.2, -0.15) is 4.68 Å². The van der Waals surface area contributed by atoms with E-state index < -0.39 is 0 Å². The predicted molar refractivity (Wildman–Crippen MR) is 77.9 cm³/mol. The monoisotopic (exact) mass is 272 g/mol. The van der Waals surface area contributed by atoms with Gasteiger partial charge in [0.15, 0.2) is 0 Å². The maximum Gasteiger partial charge on any atom is 0.247 e. The van der Waals surface area contributed by atoms with Gasteiger partial charge in [0, 0.05) is 18.6 Å². The summed E-state index contributed by atoms with van der Waals surface area (Å²) in [5.74, 6) is 0.720. The lowest BCUT2D eigenvalue weighted by Crippen LogP contribution is -2.43. The fourth-order valence-electron chi connectivity index (χ4n) is 2.62. The number of hydrogen-bond donors (Lipinski definition) is 1. The molecule has 2 atom stereocenters. The second-order valence-corrected chi connectivity index (χ2v) is 5.45. The first-order valence-corrected chi connectivity index (χ1v) is 7.04. The van der Waals surface area contributed by atoms with Crippen LogP contribution in [-0.2, 0) is 0 Å². The van der Waals surface area contributed by atoms with Crippen LogP contribution in [0.15, 0.2) is 30.3 Å². The Labute approximate surface area is 118 Å². The molecule has 2 aromatic rings. The Morgan fingerprint density at radius 3 is 2.80 bits per heavy atom. The lowest BCUT2D eigenvalue weighted by Gasteiger charge is -2.35. The van der Waals surface area contributed by atoms with Gasteiger partial charge in [-0.15, -0.1) is 0 Å². The van der Waals surface area contributed by atoms with E-state index >= 15 is 0 Å². The van der Waals surface area contributed by atoms with Crippen LogP contribution in [0.5, 0.6) is 0 Å². The molecule has 1 saturated heterocycles. The number of tetrazole rings is 1. The molecule has 20 heavy (non-hydrogen) atoms. The van der Waals surface area contributed by atoms with E-state index in [2.05, 4.69) is 39.7 Å². The molecule has 1 aromatic carbocycles. The molecule has 106 valence electrons. The largest absolute Gasteiger partial charge is 0.350 e.